The van der Waals surface area contributed by atoms with Crippen LogP contribution in [0, 0.1) is 0 Å². The van der Waals surface area contributed by atoms with Crippen molar-refractivity contribution in [3.05, 3.63) is 26.6 Å². The van der Waals surface area contributed by atoms with Crippen LogP contribution in [0.4, 0.5) is 5.69 Å². The lowest BCUT2D eigenvalue weighted by molar-refractivity contribution is 0.0704. The third kappa shape index (κ3) is 4.58. The molecule has 5 N–H and O–H groups in total. The van der Waals surface area contributed by atoms with Gasteiger partial charge < -0.3 is 10.8 Å². The molecular formula is C13H20Br2ClN3O. The zero-order chi connectivity index (χ0) is 14.0. The van der Waals surface area contributed by atoms with E-state index in [-0.39, 0.29) is 18.5 Å². The van der Waals surface area contributed by atoms with Crippen LogP contribution >= 0.6 is 44.3 Å². The minimum absolute atomic E-state index is 0. The Hall–Kier alpha value is 0.150. The first-order valence-electron chi connectivity index (χ1n) is 6.40. The third-order valence-corrected chi connectivity index (χ3v) is 4.78. The lowest BCUT2D eigenvalue weighted by Gasteiger charge is -2.32. The van der Waals surface area contributed by atoms with Crippen molar-refractivity contribution in [3.63, 3.8) is 0 Å². The van der Waals surface area contributed by atoms with Crippen molar-refractivity contribution in [1.82, 2.24) is 5.01 Å². The van der Waals surface area contributed by atoms with E-state index in [0.717, 1.165) is 45.9 Å². The van der Waals surface area contributed by atoms with Crippen LogP contribution in [0.15, 0.2) is 21.1 Å². The number of anilines is 1. The second-order valence-electron chi connectivity index (χ2n) is 5.10. The van der Waals surface area contributed by atoms with Gasteiger partial charge in [0, 0.05) is 21.5 Å². The average molecular weight is 430 g/mol. The monoisotopic (exact) mass is 427 g/mol. The molecule has 0 bridgehead atoms. The fourth-order valence-corrected chi connectivity index (χ4v) is 3.80. The number of nitrogen functional groups attached to an aromatic ring is 1. The highest BCUT2D eigenvalue weighted by Crippen LogP contribution is 2.30. The molecule has 0 heterocycles. The van der Waals surface area contributed by atoms with E-state index in [1.54, 1.807) is 0 Å². The smallest absolute Gasteiger partial charge is 0.0541 e. The largest absolute Gasteiger partial charge is 0.398 e. The molecule has 0 atom stereocenters. The van der Waals surface area contributed by atoms with E-state index in [0.29, 0.717) is 12.6 Å². The molecule has 1 aromatic carbocycles. The van der Waals surface area contributed by atoms with Gasteiger partial charge in [-0.05, 0) is 59.3 Å². The van der Waals surface area contributed by atoms with Gasteiger partial charge in [-0.3, -0.25) is 5.84 Å². The zero-order valence-electron chi connectivity index (χ0n) is 11.1. The summed E-state index contributed by atoms with van der Waals surface area (Å²) in [6.07, 6.45) is 3.38. The number of benzene rings is 1. The molecule has 114 valence electrons. The minimum Gasteiger partial charge on any atom is -0.398 e. The molecule has 0 radical (unpaired) electrons. The van der Waals surface area contributed by atoms with E-state index in [9.17, 15) is 5.11 Å². The van der Waals surface area contributed by atoms with Gasteiger partial charge in [0.2, 0.25) is 0 Å². The van der Waals surface area contributed by atoms with E-state index < -0.39 is 0 Å². The van der Waals surface area contributed by atoms with E-state index in [1.165, 1.54) is 0 Å². The lowest BCUT2D eigenvalue weighted by Crippen LogP contribution is -2.43. The Morgan fingerprint density at radius 3 is 2.40 bits per heavy atom. The van der Waals surface area contributed by atoms with Gasteiger partial charge in [0.15, 0.2) is 0 Å². The van der Waals surface area contributed by atoms with Crippen LogP contribution in [0.5, 0.6) is 0 Å². The van der Waals surface area contributed by atoms with E-state index >= 15 is 0 Å². The maximum Gasteiger partial charge on any atom is 0.0541 e. The van der Waals surface area contributed by atoms with Crippen molar-refractivity contribution >= 4 is 50.0 Å². The molecule has 1 fully saturated rings. The topological polar surface area (TPSA) is 75.5 Å². The number of aliphatic hydroxyl groups is 1. The molecule has 7 heteroatoms. The number of halogens is 3. The van der Waals surface area contributed by atoms with Crippen LogP contribution in [-0.2, 0) is 6.54 Å². The third-order valence-electron chi connectivity index (χ3n) is 3.67. The number of nitrogens with two attached hydrogens (primary N) is 2. The number of aliphatic hydroxyl groups excluding tert-OH is 1. The van der Waals surface area contributed by atoms with Crippen LogP contribution < -0.4 is 11.6 Å². The van der Waals surface area contributed by atoms with E-state index in [2.05, 4.69) is 31.9 Å². The Bertz CT molecular complexity index is 453. The summed E-state index contributed by atoms with van der Waals surface area (Å²) in [7, 11) is 0. The first-order chi connectivity index (χ1) is 8.97. The van der Waals surface area contributed by atoms with Crippen LogP contribution in [0.2, 0.25) is 0 Å². The lowest BCUT2D eigenvalue weighted by atomic mass is 9.92. The number of rotatable bonds is 3. The van der Waals surface area contributed by atoms with Gasteiger partial charge in [0.05, 0.1) is 11.8 Å². The summed E-state index contributed by atoms with van der Waals surface area (Å²) in [6, 6.07) is 4.24. The highest BCUT2D eigenvalue weighted by atomic mass is 79.9. The molecule has 2 rings (SSSR count). The Labute approximate surface area is 142 Å². The molecule has 4 nitrogen and oxygen atoms in total. The highest BCUT2D eigenvalue weighted by molar-refractivity contribution is 9.11. The molecule has 1 aliphatic carbocycles. The number of hydrogen-bond donors (Lipinski definition) is 3. The maximum absolute atomic E-state index is 9.52. The summed E-state index contributed by atoms with van der Waals surface area (Å²) in [4.78, 5) is 0. The van der Waals surface area contributed by atoms with Crippen molar-refractivity contribution in [2.45, 2.75) is 44.4 Å². The van der Waals surface area contributed by atoms with Gasteiger partial charge in [0.25, 0.3) is 0 Å². The zero-order valence-corrected chi connectivity index (χ0v) is 15.0. The van der Waals surface area contributed by atoms with Crippen LogP contribution in [-0.4, -0.2) is 22.3 Å². The molecule has 1 saturated carbocycles. The summed E-state index contributed by atoms with van der Waals surface area (Å²) in [6.45, 7) is 0.616. The molecule has 1 aliphatic rings. The minimum atomic E-state index is -0.158. The van der Waals surface area contributed by atoms with Gasteiger partial charge in [-0.2, -0.15) is 0 Å². The molecule has 0 spiro atoms. The predicted molar refractivity (Wildman–Crippen MR) is 91.5 cm³/mol. The van der Waals surface area contributed by atoms with Crippen LogP contribution in [0.25, 0.3) is 0 Å². The molecule has 20 heavy (non-hydrogen) atoms. The maximum atomic E-state index is 9.52. The standard InChI is InChI=1S/C13H19Br2N3O.ClH/c14-9-5-8(13(16)12(15)6-9)7-18(17)10-1-3-11(19)4-2-10;/h5-6,10-11,19H,1-4,7,16-17H2;1H. The van der Waals surface area contributed by atoms with Gasteiger partial charge >= 0.3 is 0 Å². The van der Waals surface area contributed by atoms with Gasteiger partial charge in [-0.1, -0.05) is 15.9 Å². The van der Waals surface area contributed by atoms with Crippen molar-refractivity contribution in [1.29, 1.82) is 0 Å². The van der Waals surface area contributed by atoms with Crippen LogP contribution in [0.1, 0.15) is 31.2 Å². The van der Waals surface area contributed by atoms with E-state index in [1.807, 2.05) is 17.1 Å². The number of hydrazine groups is 1. The second kappa shape index (κ2) is 7.96. The van der Waals surface area contributed by atoms with Gasteiger partial charge in [0.1, 0.15) is 0 Å². The SMILES string of the molecule is Cl.Nc1c(Br)cc(Br)cc1CN(N)C1CCC(O)CC1. The summed E-state index contributed by atoms with van der Waals surface area (Å²) < 4.78 is 1.86. The van der Waals surface area contributed by atoms with Crippen molar-refractivity contribution in [3.8, 4) is 0 Å². The summed E-state index contributed by atoms with van der Waals surface area (Å²) in [5, 5.41) is 11.4. The predicted octanol–water partition coefficient (Wildman–Crippen LogP) is 3.19. The average Bonchev–Trinajstić information content (AvgIpc) is 2.36. The fourth-order valence-electron chi connectivity index (χ4n) is 2.48. The van der Waals surface area contributed by atoms with Crippen LogP contribution in [0.3, 0.4) is 0 Å². The molecule has 0 aliphatic heterocycles. The van der Waals surface area contributed by atoms with Crippen molar-refractivity contribution in [2.75, 3.05) is 5.73 Å². The molecule has 0 aromatic heterocycles. The molecule has 0 saturated heterocycles. The normalized spacial score (nSPS) is 22.6. The molecule has 0 unspecified atom stereocenters. The quantitative estimate of drug-likeness (QED) is 0.392. The van der Waals surface area contributed by atoms with E-state index in [4.69, 9.17) is 11.6 Å². The van der Waals surface area contributed by atoms with Crippen molar-refractivity contribution < 1.29 is 5.11 Å². The Morgan fingerprint density at radius 2 is 1.80 bits per heavy atom. The number of hydrogen-bond acceptors (Lipinski definition) is 4. The molecule has 0 amide bonds. The van der Waals surface area contributed by atoms with Crippen molar-refractivity contribution in [2.24, 2.45) is 5.84 Å². The first kappa shape index (κ1) is 18.2. The molecule has 1 aromatic rings. The second-order valence-corrected chi connectivity index (χ2v) is 6.87. The summed E-state index contributed by atoms with van der Waals surface area (Å²) in [5.74, 6) is 6.16. The summed E-state index contributed by atoms with van der Waals surface area (Å²) >= 11 is 6.91. The Morgan fingerprint density at radius 1 is 1.20 bits per heavy atom. The fraction of sp³-hybridized carbons (Fsp3) is 0.538. The highest BCUT2D eigenvalue weighted by Gasteiger charge is 2.23. The summed E-state index contributed by atoms with van der Waals surface area (Å²) in [5.41, 5.74) is 7.80. The molecular weight excluding hydrogens is 409 g/mol. The van der Waals surface area contributed by atoms with Gasteiger partial charge in [-0.25, -0.2) is 5.01 Å². The van der Waals surface area contributed by atoms with Gasteiger partial charge in [-0.15, -0.1) is 12.4 Å². The Balaban J connectivity index is 0.00000200. The Kier molecular flexibility index (Phi) is 7.24. The first-order valence-corrected chi connectivity index (χ1v) is 7.98. The number of nitrogens with zero attached hydrogens (tertiary/aromatic N) is 1.